The van der Waals surface area contributed by atoms with Crippen molar-refractivity contribution in [3.05, 3.63) is 18.5 Å². The van der Waals surface area contributed by atoms with Gasteiger partial charge in [0.25, 0.3) is 0 Å². The van der Waals surface area contributed by atoms with Crippen molar-refractivity contribution < 1.29 is 0 Å². The van der Waals surface area contributed by atoms with Crippen molar-refractivity contribution in [2.24, 2.45) is 17.3 Å². The number of nitrogens with zero attached hydrogens (tertiary/aromatic N) is 2. The van der Waals surface area contributed by atoms with E-state index >= 15 is 0 Å². The fourth-order valence-electron chi connectivity index (χ4n) is 1.76. The van der Waals surface area contributed by atoms with Gasteiger partial charge >= 0.3 is 0 Å². The van der Waals surface area contributed by atoms with Crippen LogP contribution >= 0.6 is 0 Å². The largest absolute Gasteiger partial charge is 0.312 e. The van der Waals surface area contributed by atoms with Gasteiger partial charge in [0.2, 0.25) is 0 Å². The molecule has 0 bridgehead atoms. The van der Waals surface area contributed by atoms with Crippen molar-refractivity contribution in [1.82, 2.24) is 15.1 Å². The van der Waals surface area contributed by atoms with Gasteiger partial charge in [-0.15, -0.1) is 0 Å². The van der Waals surface area contributed by atoms with E-state index in [0.717, 1.165) is 13.1 Å². The number of hydrogen-bond donors (Lipinski definition) is 1. The Bertz CT molecular complexity index is 322. The molecule has 2 atom stereocenters. The normalized spacial score (nSPS) is 15.9. The highest BCUT2D eigenvalue weighted by Crippen LogP contribution is 2.24. The van der Waals surface area contributed by atoms with Gasteiger partial charge in [-0.1, -0.05) is 41.5 Å². The molecule has 0 aliphatic heterocycles. The monoisotopic (exact) mass is 251 g/mol. The second kappa shape index (κ2) is 6.37. The van der Waals surface area contributed by atoms with Gasteiger partial charge < -0.3 is 5.32 Å². The highest BCUT2D eigenvalue weighted by atomic mass is 15.3. The first kappa shape index (κ1) is 15.2. The Hall–Kier alpha value is -0.830. The van der Waals surface area contributed by atoms with Crippen LogP contribution in [0.4, 0.5) is 0 Å². The third-order valence-electron chi connectivity index (χ3n) is 3.91. The molecule has 0 aliphatic carbocycles. The van der Waals surface area contributed by atoms with E-state index in [0.29, 0.717) is 23.3 Å². The molecule has 0 radical (unpaired) electrons. The first-order valence-electron chi connectivity index (χ1n) is 7.01. The molecule has 2 unspecified atom stereocenters. The van der Waals surface area contributed by atoms with Crippen LogP contribution < -0.4 is 5.32 Å². The molecule has 1 aromatic heterocycles. The van der Waals surface area contributed by atoms with Gasteiger partial charge in [-0.2, -0.15) is 5.10 Å². The molecule has 3 nitrogen and oxygen atoms in total. The molecule has 0 saturated carbocycles. The summed E-state index contributed by atoms with van der Waals surface area (Å²) < 4.78 is 2.01. The van der Waals surface area contributed by atoms with E-state index < -0.39 is 0 Å². The Labute approximate surface area is 112 Å². The average Bonchev–Trinajstić information content (AvgIpc) is 2.74. The summed E-state index contributed by atoms with van der Waals surface area (Å²) in [6, 6.07) is 2.46. The second-order valence-corrected chi connectivity index (χ2v) is 6.75. The molecule has 0 fully saturated rings. The Morgan fingerprint density at radius 1 is 1.22 bits per heavy atom. The standard InChI is InChI=1S/C15H29N3/c1-12(2)14(11-18-9-7-8-17-18)16-10-13(3)15(4,5)6/h7-9,12-14,16H,10-11H2,1-6H3. The number of nitrogens with one attached hydrogen (secondary N) is 1. The van der Waals surface area contributed by atoms with E-state index in [-0.39, 0.29) is 0 Å². The highest BCUT2D eigenvalue weighted by molar-refractivity contribution is 4.82. The smallest absolute Gasteiger partial charge is 0.0565 e. The van der Waals surface area contributed by atoms with Gasteiger partial charge in [0, 0.05) is 18.4 Å². The summed E-state index contributed by atoms with van der Waals surface area (Å²) in [4.78, 5) is 0. The third-order valence-corrected chi connectivity index (χ3v) is 3.91. The summed E-state index contributed by atoms with van der Waals surface area (Å²) in [5.74, 6) is 1.28. The minimum atomic E-state index is 0.361. The van der Waals surface area contributed by atoms with Gasteiger partial charge in [-0.25, -0.2) is 0 Å². The fourth-order valence-corrected chi connectivity index (χ4v) is 1.76. The molecule has 18 heavy (non-hydrogen) atoms. The van der Waals surface area contributed by atoms with Crippen molar-refractivity contribution in [2.45, 2.75) is 54.1 Å². The molecule has 0 saturated heterocycles. The van der Waals surface area contributed by atoms with E-state index in [4.69, 9.17) is 0 Å². The van der Waals surface area contributed by atoms with Crippen LogP contribution in [-0.4, -0.2) is 22.4 Å². The van der Waals surface area contributed by atoms with E-state index in [1.165, 1.54) is 0 Å². The Morgan fingerprint density at radius 3 is 2.33 bits per heavy atom. The molecule has 1 heterocycles. The lowest BCUT2D eigenvalue weighted by atomic mass is 9.82. The third kappa shape index (κ3) is 4.81. The number of rotatable bonds is 6. The molecule has 0 amide bonds. The van der Waals surface area contributed by atoms with Crippen molar-refractivity contribution in [1.29, 1.82) is 0 Å². The van der Waals surface area contributed by atoms with E-state index in [1.807, 2.05) is 23.1 Å². The summed E-state index contributed by atoms with van der Waals surface area (Å²) in [5, 5.41) is 7.99. The zero-order valence-electron chi connectivity index (χ0n) is 12.8. The zero-order chi connectivity index (χ0) is 13.8. The SMILES string of the molecule is CC(C)C(Cn1cccn1)NCC(C)C(C)(C)C. The summed E-state index contributed by atoms with van der Waals surface area (Å²) in [6.07, 6.45) is 3.87. The Kier molecular flexibility index (Phi) is 5.39. The number of aromatic nitrogens is 2. The quantitative estimate of drug-likeness (QED) is 0.841. The Morgan fingerprint density at radius 2 is 1.89 bits per heavy atom. The topological polar surface area (TPSA) is 29.9 Å². The molecule has 1 rings (SSSR count). The summed E-state index contributed by atoms with van der Waals surface area (Å²) in [5.41, 5.74) is 0.361. The molecule has 104 valence electrons. The van der Waals surface area contributed by atoms with E-state index in [9.17, 15) is 0 Å². The highest BCUT2D eigenvalue weighted by Gasteiger charge is 2.22. The summed E-state index contributed by atoms with van der Waals surface area (Å²) in [7, 11) is 0. The molecular formula is C15H29N3. The van der Waals surface area contributed by atoms with E-state index in [1.54, 1.807) is 0 Å². The fraction of sp³-hybridized carbons (Fsp3) is 0.800. The average molecular weight is 251 g/mol. The predicted molar refractivity (Wildman–Crippen MR) is 77.5 cm³/mol. The first-order chi connectivity index (χ1) is 8.30. The second-order valence-electron chi connectivity index (χ2n) is 6.75. The lowest BCUT2D eigenvalue weighted by molar-refractivity contribution is 0.228. The lowest BCUT2D eigenvalue weighted by Crippen LogP contribution is -2.42. The summed E-state index contributed by atoms with van der Waals surface area (Å²) in [6.45, 7) is 15.8. The zero-order valence-corrected chi connectivity index (χ0v) is 12.8. The van der Waals surface area contributed by atoms with Crippen molar-refractivity contribution in [2.75, 3.05) is 6.54 Å². The van der Waals surface area contributed by atoms with Crippen LogP contribution in [0.2, 0.25) is 0 Å². The van der Waals surface area contributed by atoms with Crippen LogP contribution in [0, 0.1) is 17.3 Å². The van der Waals surface area contributed by atoms with Gasteiger partial charge in [0.05, 0.1) is 6.54 Å². The van der Waals surface area contributed by atoms with Crippen molar-refractivity contribution >= 4 is 0 Å². The van der Waals surface area contributed by atoms with Crippen LogP contribution in [0.1, 0.15) is 41.5 Å². The van der Waals surface area contributed by atoms with Gasteiger partial charge in [-0.05, 0) is 29.9 Å². The molecule has 0 spiro atoms. The minimum absolute atomic E-state index is 0.361. The first-order valence-corrected chi connectivity index (χ1v) is 7.01. The minimum Gasteiger partial charge on any atom is -0.312 e. The molecule has 3 heteroatoms. The maximum atomic E-state index is 4.29. The van der Waals surface area contributed by atoms with Crippen LogP contribution in [0.3, 0.4) is 0 Å². The molecule has 1 N–H and O–H groups in total. The maximum Gasteiger partial charge on any atom is 0.0565 e. The van der Waals surface area contributed by atoms with Crippen molar-refractivity contribution in [3.8, 4) is 0 Å². The lowest BCUT2D eigenvalue weighted by Gasteiger charge is -2.31. The van der Waals surface area contributed by atoms with Crippen molar-refractivity contribution in [3.63, 3.8) is 0 Å². The predicted octanol–water partition coefficient (Wildman–Crippen LogP) is 3.18. The van der Waals surface area contributed by atoms with Crippen LogP contribution in [0.15, 0.2) is 18.5 Å². The molecule has 0 aliphatic rings. The summed E-state index contributed by atoms with van der Waals surface area (Å²) >= 11 is 0. The maximum absolute atomic E-state index is 4.29. The molecule has 1 aromatic rings. The van der Waals surface area contributed by atoms with Crippen LogP contribution in [0.5, 0.6) is 0 Å². The Balaban J connectivity index is 2.49. The van der Waals surface area contributed by atoms with Gasteiger partial charge in [-0.3, -0.25) is 4.68 Å². The van der Waals surface area contributed by atoms with Gasteiger partial charge in [0.1, 0.15) is 0 Å². The van der Waals surface area contributed by atoms with Crippen LogP contribution in [0.25, 0.3) is 0 Å². The van der Waals surface area contributed by atoms with Gasteiger partial charge in [0.15, 0.2) is 0 Å². The molecular weight excluding hydrogens is 222 g/mol. The molecule has 0 aromatic carbocycles. The van der Waals surface area contributed by atoms with Crippen LogP contribution in [-0.2, 0) is 6.54 Å². The van der Waals surface area contributed by atoms with E-state index in [2.05, 4.69) is 52.0 Å². The number of hydrogen-bond acceptors (Lipinski definition) is 2.